The zero-order chi connectivity index (χ0) is 24.1. The van der Waals surface area contributed by atoms with Crippen molar-refractivity contribution in [2.75, 3.05) is 7.05 Å². The van der Waals surface area contributed by atoms with Crippen molar-refractivity contribution in [3.8, 4) is 5.75 Å². The fourth-order valence-corrected chi connectivity index (χ4v) is 2.06. The van der Waals surface area contributed by atoms with Gasteiger partial charge in [0.15, 0.2) is 12.2 Å². The largest absolute Gasteiger partial charge is 0.489 e. The molecule has 0 aliphatic rings. The molecule has 1 aromatic rings. The predicted molar refractivity (Wildman–Crippen MR) is 111 cm³/mol. The molecule has 11 nitrogen and oxygen atoms in total. The molecule has 0 aliphatic carbocycles. The van der Waals surface area contributed by atoms with Crippen LogP contribution >= 0.6 is 0 Å². The van der Waals surface area contributed by atoms with Gasteiger partial charge in [-0.2, -0.15) is 0 Å². The third kappa shape index (κ3) is 11.4. The molecule has 0 fully saturated rings. The van der Waals surface area contributed by atoms with Gasteiger partial charge < -0.3 is 40.7 Å². The average molecular weight is 444 g/mol. The minimum absolute atomic E-state index is 0.181. The summed E-state index contributed by atoms with van der Waals surface area (Å²) in [6, 6.07) is 2.50. The summed E-state index contributed by atoms with van der Waals surface area (Å²) in [6.45, 7) is 6.18. The zero-order valence-corrected chi connectivity index (χ0v) is 17.9. The van der Waals surface area contributed by atoms with Crippen molar-refractivity contribution < 1.29 is 45.0 Å². The van der Waals surface area contributed by atoms with Gasteiger partial charge in [0.2, 0.25) is 0 Å². The summed E-state index contributed by atoms with van der Waals surface area (Å²) >= 11 is 0. The van der Waals surface area contributed by atoms with E-state index in [1.807, 2.05) is 33.2 Å². The van der Waals surface area contributed by atoms with E-state index in [-0.39, 0.29) is 6.10 Å². The summed E-state index contributed by atoms with van der Waals surface area (Å²) < 4.78 is 5.59. The molecule has 0 saturated carbocycles. The molecule has 1 heterocycles. The number of aliphatic hydroxyl groups excluding tert-OH is 4. The van der Waals surface area contributed by atoms with E-state index in [1.54, 1.807) is 6.20 Å². The molecule has 0 aromatic carbocycles. The third-order valence-electron chi connectivity index (χ3n) is 3.90. The van der Waals surface area contributed by atoms with Crippen molar-refractivity contribution >= 4 is 18.0 Å². The molecule has 0 bridgehead atoms. The minimum Gasteiger partial charge on any atom is -0.489 e. The number of aromatic nitrogens is 1. The number of ether oxygens (including phenoxy) is 1. The smallest absolute Gasteiger partial charge is 0.335 e. The monoisotopic (exact) mass is 444 g/mol. The molecule has 31 heavy (non-hydrogen) atoms. The molecule has 11 heteroatoms. The number of hydrogen-bond acceptors (Lipinski definition) is 9. The highest BCUT2D eigenvalue weighted by molar-refractivity contribution is 5.75. The van der Waals surface area contributed by atoms with Crippen molar-refractivity contribution in [2.24, 2.45) is 0 Å². The highest BCUT2D eigenvalue weighted by Crippen LogP contribution is 2.14. The van der Waals surface area contributed by atoms with Gasteiger partial charge in [0.1, 0.15) is 18.0 Å². The van der Waals surface area contributed by atoms with E-state index in [0.717, 1.165) is 17.7 Å². The lowest BCUT2D eigenvalue weighted by Gasteiger charge is -2.21. The molecule has 0 radical (unpaired) electrons. The maximum Gasteiger partial charge on any atom is 0.335 e. The first-order chi connectivity index (χ1) is 14.4. The molecule has 0 saturated heterocycles. The van der Waals surface area contributed by atoms with Gasteiger partial charge in [0, 0.05) is 12.2 Å². The van der Waals surface area contributed by atoms with Crippen LogP contribution in [-0.4, -0.2) is 91.2 Å². The second kappa shape index (κ2) is 14.4. The standard InChI is InChI=1S/C14H22N2O.C6H10O8/c1-11(2)17-14-8-13(9-16-10-14)7-5-6-12(3)15-4;7-1(3(9)5(11)12)2(8)4(10)6(13)14/h5,7-12,15H,6H2,1-4H3;1-4,7-10H,(H,11,12)(H,13,14)/b7-5+;/t12-;1-,2+,3+,4-/m0./s1. The van der Waals surface area contributed by atoms with Crippen LogP contribution in [0.1, 0.15) is 32.8 Å². The molecule has 5 atom stereocenters. The van der Waals surface area contributed by atoms with Crippen LogP contribution in [0, 0.1) is 0 Å². The van der Waals surface area contributed by atoms with Crippen LogP contribution in [0.5, 0.6) is 5.75 Å². The van der Waals surface area contributed by atoms with Crippen molar-refractivity contribution in [3.05, 3.63) is 30.1 Å². The number of rotatable bonds is 11. The van der Waals surface area contributed by atoms with E-state index in [1.165, 1.54) is 0 Å². The second-order valence-corrected chi connectivity index (χ2v) is 7.00. The Morgan fingerprint density at radius 3 is 1.97 bits per heavy atom. The normalized spacial score (nSPS) is 16.0. The van der Waals surface area contributed by atoms with Crippen LogP contribution in [0.2, 0.25) is 0 Å². The van der Waals surface area contributed by atoms with Crippen LogP contribution in [-0.2, 0) is 9.59 Å². The van der Waals surface area contributed by atoms with Gasteiger partial charge in [-0.1, -0.05) is 12.2 Å². The minimum atomic E-state index is -2.36. The van der Waals surface area contributed by atoms with E-state index in [2.05, 4.69) is 29.4 Å². The first-order valence-corrected chi connectivity index (χ1v) is 9.54. The van der Waals surface area contributed by atoms with Crippen LogP contribution in [0.4, 0.5) is 0 Å². The summed E-state index contributed by atoms with van der Waals surface area (Å²) in [5.74, 6) is -2.85. The first kappa shape index (κ1) is 28.4. The maximum absolute atomic E-state index is 10.1. The summed E-state index contributed by atoms with van der Waals surface area (Å²) in [5, 5.41) is 54.6. The number of pyridine rings is 1. The highest BCUT2D eigenvalue weighted by atomic mass is 16.5. The fourth-order valence-electron chi connectivity index (χ4n) is 2.06. The van der Waals surface area contributed by atoms with Gasteiger partial charge in [0.05, 0.1) is 12.3 Å². The Morgan fingerprint density at radius 2 is 1.55 bits per heavy atom. The van der Waals surface area contributed by atoms with E-state index < -0.39 is 36.4 Å². The molecule has 1 aromatic heterocycles. The van der Waals surface area contributed by atoms with Crippen molar-refractivity contribution in [1.82, 2.24) is 10.3 Å². The van der Waals surface area contributed by atoms with Gasteiger partial charge >= 0.3 is 11.9 Å². The summed E-state index contributed by atoms with van der Waals surface area (Å²) in [7, 11) is 1.97. The van der Waals surface area contributed by atoms with Crippen LogP contribution in [0.25, 0.3) is 6.08 Å². The molecule has 176 valence electrons. The Morgan fingerprint density at radius 1 is 1.03 bits per heavy atom. The Balaban J connectivity index is 0.000000594. The number of nitrogens with one attached hydrogen (secondary N) is 1. The number of aliphatic carboxylic acids is 2. The van der Waals surface area contributed by atoms with Crippen molar-refractivity contribution in [2.45, 2.75) is 63.8 Å². The lowest BCUT2D eigenvalue weighted by molar-refractivity contribution is -0.172. The van der Waals surface area contributed by atoms with E-state index >= 15 is 0 Å². The SMILES string of the molecule is CN[C@@H](C)C/C=C/c1cncc(OC(C)C)c1.O=C(O)[C@@H](O)[C@H](O)[C@H](O)[C@@H](O)C(=O)O. The van der Waals surface area contributed by atoms with Crippen LogP contribution in [0.15, 0.2) is 24.5 Å². The molecule has 7 N–H and O–H groups in total. The predicted octanol–water partition coefficient (Wildman–Crippen LogP) is -0.521. The molecule has 0 amide bonds. The molecule has 0 unspecified atom stereocenters. The van der Waals surface area contributed by atoms with Gasteiger partial charge in [0.25, 0.3) is 0 Å². The van der Waals surface area contributed by atoms with Gasteiger partial charge in [-0.25, -0.2) is 9.59 Å². The van der Waals surface area contributed by atoms with E-state index in [4.69, 9.17) is 35.4 Å². The summed E-state index contributed by atoms with van der Waals surface area (Å²) in [4.78, 5) is 24.3. The lowest BCUT2D eigenvalue weighted by atomic mass is 10.0. The van der Waals surface area contributed by atoms with E-state index in [9.17, 15) is 9.59 Å². The summed E-state index contributed by atoms with van der Waals surface area (Å²) in [6.07, 6.45) is -0.283. The number of nitrogens with zero attached hydrogens (tertiary/aromatic N) is 1. The van der Waals surface area contributed by atoms with Crippen molar-refractivity contribution in [3.63, 3.8) is 0 Å². The molecular weight excluding hydrogens is 412 g/mol. The first-order valence-electron chi connectivity index (χ1n) is 9.54. The quantitative estimate of drug-likeness (QED) is 0.232. The molecular formula is C20H32N2O9. The Kier molecular flexibility index (Phi) is 13.2. The Hall–Kier alpha value is -2.57. The number of carbonyl (C=O) groups is 2. The van der Waals surface area contributed by atoms with Crippen LogP contribution in [0.3, 0.4) is 0 Å². The maximum atomic E-state index is 10.1. The van der Waals surface area contributed by atoms with Gasteiger partial charge in [-0.15, -0.1) is 0 Å². The van der Waals surface area contributed by atoms with E-state index in [0.29, 0.717) is 6.04 Å². The Bertz CT molecular complexity index is 688. The van der Waals surface area contributed by atoms with Gasteiger partial charge in [-0.3, -0.25) is 4.98 Å². The second-order valence-electron chi connectivity index (χ2n) is 7.00. The molecule has 0 spiro atoms. The molecule has 0 aliphatic heterocycles. The topological polar surface area (TPSA) is 190 Å². The third-order valence-corrected chi connectivity index (χ3v) is 3.90. The highest BCUT2D eigenvalue weighted by Gasteiger charge is 2.37. The zero-order valence-electron chi connectivity index (χ0n) is 17.9. The number of hydrogen-bond donors (Lipinski definition) is 7. The molecule has 1 rings (SSSR count). The average Bonchev–Trinajstić information content (AvgIpc) is 2.71. The number of carboxylic acid groups (broad SMARTS) is 2. The number of aliphatic hydroxyl groups is 4. The Labute approximate surface area is 180 Å². The number of carboxylic acids is 2. The van der Waals surface area contributed by atoms with Gasteiger partial charge in [-0.05, 0) is 45.9 Å². The summed E-state index contributed by atoms with van der Waals surface area (Å²) in [5.41, 5.74) is 1.08. The van der Waals surface area contributed by atoms with Crippen LogP contribution < -0.4 is 10.1 Å². The van der Waals surface area contributed by atoms with Crippen molar-refractivity contribution in [1.29, 1.82) is 0 Å². The fraction of sp³-hybridized carbons (Fsp3) is 0.550. The lowest BCUT2D eigenvalue weighted by Crippen LogP contribution is -2.49.